The third kappa shape index (κ3) is 10.5. The molecule has 0 saturated heterocycles. The highest BCUT2D eigenvalue weighted by molar-refractivity contribution is 5.83. The maximum Gasteiger partial charge on any atom is 0.323 e. The van der Waals surface area contributed by atoms with Crippen molar-refractivity contribution in [2.45, 2.75) is 68.7 Å². The van der Waals surface area contributed by atoms with E-state index in [0.29, 0.717) is 17.7 Å². The third-order valence-corrected chi connectivity index (χ3v) is 6.02. The summed E-state index contributed by atoms with van der Waals surface area (Å²) >= 11 is 0. The molecule has 0 fully saturated rings. The van der Waals surface area contributed by atoms with Gasteiger partial charge >= 0.3 is 5.69 Å². The average Bonchev–Trinajstić information content (AvgIpc) is 3.31. The molecule has 0 aliphatic rings. The Bertz CT molecular complexity index is 1610. The second kappa shape index (κ2) is 17.3. The molecule has 4 aromatic rings. The number of terminal acetylenes is 1. The molecule has 42 heavy (non-hydrogen) atoms. The molecular weight excluding hydrogens is 528 g/mol. The van der Waals surface area contributed by atoms with Gasteiger partial charge in [-0.15, -0.1) is 6.42 Å². The lowest BCUT2D eigenvalue weighted by Gasteiger charge is -2.07. The minimum absolute atomic E-state index is 0.148. The fourth-order valence-electron chi connectivity index (χ4n) is 4.05. The summed E-state index contributed by atoms with van der Waals surface area (Å²) in [5.74, 6) is 1.95. The summed E-state index contributed by atoms with van der Waals surface area (Å²) in [6.45, 7) is 21.0. The molecule has 4 rings (SSSR count). The summed E-state index contributed by atoms with van der Waals surface area (Å²) in [5, 5.41) is 0. The van der Waals surface area contributed by atoms with Crippen molar-refractivity contribution in [3.05, 3.63) is 117 Å². The van der Waals surface area contributed by atoms with Crippen LogP contribution in [0.2, 0.25) is 0 Å². The zero-order valence-corrected chi connectivity index (χ0v) is 26.3. The van der Waals surface area contributed by atoms with Crippen molar-refractivity contribution in [2.24, 2.45) is 4.99 Å². The van der Waals surface area contributed by atoms with Crippen LogP contribution in [-0.4, -0.2) is 15.7 Å². The highest BCUT2D eigenvalue weighted by Crippen LogP contribution is 2.27. The average molecular weight is 572 g/mol. The van der Waals surface area contributed by atoms with Gasteiger partial charge in [0.05, 0.1) is 11.0 Å². The van der Waals surface area contributed by atoms with Crippen LogP contribution in [0.25, 0.3) is 16.6 Å². The van der Waals surface area contributed by atoms with E-state index in [9.17, 15) is 13.6 Å². The number of benzene rings is 3. The van der Waals surface area contributed by atoms with Crippen molar-refractivity contribution in [2.75, 3.05) is 0 Å². The molecule has 0 aliphatic heterocycles. The van der Waals surface area contributed by atoms with Crippen LogP contribution >= 0.6 is 0 Å². The van der Waals surface area contributed by atoms with Crippen LogP contribution < -0.4 is 5.69 Å². The predicted molar refractivity (Wildman–Crippen MR) is 177 cm³/mol. The van der Waals surface area contributed by atoms with Gasteiger partial charge < -0.3 is 9.97 Å². The standard InChI is InChI=1S/C15H18FN.C11H11F.C8H8N2O.C2H6/c1-6-7-11(4)13-8-12(5)15(14(16)9-13)17-10(2)3;1-4-9-6-8(3)10(5-2)11(12)7-9;1-5-2-3-6-7(4-5)10-8(11)9-6;1-2/h6-9H,1H2,2-5H3;1,6-7H,5H2,2-3H3;2-4H,1H3,(H2,9,10,11);1-2H3/b11-7+;;;. The van der Waals surface area contributed by atoms with Crippen molar-refractivity contribution < 1.29 is 8.78 Å². The Morgan fingerprint density at radius 1 is 0.952 bits per heavy atom. The summed E-state index contributed by atoms with van der Waals surface area (Å²) in [7, 11) is 0. The molecule has 0 bridgehead atoms. The highest BCUT2D eigenvalue weighted by atomic mass is 19.1. The molecule has 4 nitrogen and oxygen atoms in total. The molecule has 6 heteroatoms. The number of aromatic amines is 2. The van der Waals surface area contributed by atoms with Gasteiger partial charge in [-0.25, -0.2) is 13.6 Å². The van der Waals surface area contributed by atoms with E-state index < -0.39 is 0 Å². The number of allylic oxidation sites excluding steroid dienone is 3. The summed E-state index contributed by atoms with van der Waals surface area (Å²) in [5.41, 5.74) is 9.02. The number of rotatable bonds is 4. The molecular formula is C36H43F2N3O. The first kappa shape index (κ1) is 35.5. The van der Waals surface area contributed by atoms with Crippen molar-refractivity contribution in [1.82, 2.24) is 9.97 Å². The molecule has 0 unspecified atom stereocenters. The molecule has 0 saturated carbocycles. The maximum absolute atomic E-state index is 13.9. The topological polar surface area (TPSA) is 61.0 Å². The minimum atomic E-state index is -0.280. The molecule has 222 valence electrons. The number of nitrogens with zero attached hydrogens (tertiary/aromatic N) is 1. The Morgan fingerprint density at radius 3 is 2.12 bits per heavy atom. The first-order valence-electron chi connectivity index (χ1n) is 14.0. The van der Waals surface area contributed by atoms with Gasteiger partial charge in [0.15, 0.2) is 0 Å². The fraction of sp³-hybridized carbons (Fsp3) is 0.278. The number of aliphatic imine (C=N–C) groups is 1. The van der Waals surface area contributed by atoms with E-state index in [1.807, 2.05) is 98.7 Å². The van der Waals surface area contributed by atoms with Gasteiger partial charge in [0.25, 0.3) is 0 Å². The van der Waals surface area contributed by atoms with Gasteiger partial charge in [0, 0.05) is 11.3 Å². The second-order valence-electron chi connectivity index (χ2n) is 9.65. The van der Waals surface area contributed by atoms with Crippen LogP contribution in [0.3, 0.4) is 0 Å². The van der Waals surface area contributed by atoms with E-state index in [4.69, 9.17) is 6.42 Å². The molecule has 0 amide bonds. The number of hydrogen-bond donors (Lipinski definition) is 2. The third-order valence-electron chi connectivity index (χ3n) is 6.02. The first-order chi connectivity index (χ1) is 19.9. The summed E-state index contributed by atoms with van der Waals surface area (Å²) in [6.07, 6.45) is 9.44. The summed E-state index contributed by atoms with van der Waals surface area (Å²) in [6, 6.07) is 12.5. The van der Waals surface area contributed by atoms with Crippen molar-refractivity contribution in [1.29, 1.82) is 0 Å². The molecule has 1 heterocycles. The van der Waals surface area contributed by atoms with Gasteiger partial charge in [0.2, 0.25) is 0 Å². The van der Waals surface area contributed by atoms with Gasteiger partial charge in [0.1, 0.15) is 17.3 Å². The molecule has 2 N–H and O–H groups in total. The fourth-order valence-corrected chi connectivity index (χ4v) is 4.05. The Hall–Kier alpha value is -4.50. The summed E-state index contributed by atoms with van der Waals surface area (Å²) < 4.78 is 27.1. The summed E-state index contributed by atoms with van der Waals surface area (Å²) in [4.78, 5) is 20.4. The predicted octanol–water partition coefficient (Wildman–Crippen LogP) is 9.70. The van der Waals surface area contributed by atoms with Crippen molar-refractivity contribution in [3.63, 3.8) is 0 Å². The molecule has 0 radical (unpaired) electrons. The smallest absolute Gasteiger partial charge is 0.306 e. The largest absolute Gasteiger partial charge is 0.323 e. The molecule has 0 atom stereocenters. The van der Waals surface area contributed by atoms with Gasteiger partial charge in [-0.3, -0.25) is 4.99 Å². The van der Waals surface area contributed by atoms with Crippen LogP contribution in [0.4, 0.5) is 14.5 Å². The van der Waals surface area contributed by atoms with E-state index in [1.54, 1.807) is 6.08 Å². The second-order valence-corrected chi connectivity index (χ2v) is 9.65. The SMILES string of the molecule is C#Cc1cc(C)c(CC)c(F)c1.C=C/C=C(\C)c1cc(C)c(N=C(C)C)c(F)c1.CC.Cc1ccc2[nH]c(=O)[nH]c2c1. The van der Waals surface area contributed by atoms with Crippen LogP contribution in [0.1, 0.15) is 74.9 Å². The highest BCUT2D eigenvalue weighted by Gasteiger charge is 2.08. The van der Waals surface area contributed by atoms with E-state index in [-0.39, 0.29) is 17.3 Å². The number of imidazole rings is 1. The lowest BCUT2D eigenvalue weighted by molar-refractivity contribution is 0.610. The van der Waals surface area contributed by atoms with E-state index in [2.05, 4.69) is 27.5 Å². The van der Waals surface area contributed by atoms with Crippen LogP contribution in [0.5, 0.6) is 0 Å². The number of hydrogen-bond acceptors (Lipinski definition) is 2. The van der Waals surface area contributed by atoms with Crippen LogP contribution in [0, 0.1) is 44.7 Å². The normalized spacial score (nSPS) is 10.2. The number of aromatic nitrogens is 2. The van der Waals surface area contributed by atoms with Gasteiger partial charge in [-0.05, 0) is 118 Å². The lowest BCUT2D eigenvalue weighted by atomic mass is 10.0. The first-order valence-corrected chi connectivity index (χ1v) is 14.0. The number of aryl methyl sites for hydroxylation is 3. The lowest BCUT2D eigenvalue weighted by Crippen LogP contribution is -1.99. The quantitative estimate of drug-likeness (QED) is 0.143. The van der Waals surface area contributed by atoms with Crippen LogP contribution in [0.15, 0.2) is 71.0 Å². The Balaban J connectivity index is 0.000000313. The van der Waals surface area contributed by atoms with Gasteiger partial charge in [-0.2, -0.15) is 0 Å². The minimum Gasteiger partial charge on any atom is -0.306 e. The Kier molecular flexibility index (Phi) is 14.7. The molecule has 3 aromatic carbocycles. The van der Waals surface area contributed by atoms with E-state index in [1.165, 1.54) is 12.1 Å². The number of nitrogens with one attached hydrogen (secondary N) is 2. The molecule has 1 aromatic heterocycles. The van der Waals surface area contributed by atoms with Crippen molar-refractivity contribution in [3.8, 4) is 12.3 Å². The maximum atomic E-state index is 13.9. The van der Waals surface area contributed by atoms with E-state index >= 15 is 0 Å². The van der Waals surface area contributed by atoms with Crippen molar-refractivity contribution >= 4 is 28.0 Å². The number of halogens is 2. The van der Waals surface area contributed by atoms with Gasteiger partial charge in [-0.1, -0.05) is 51.5 Å². The zero-order chi connectivity index (χ0) is 32.0. The number of fused-ring (bicyclic) bond motifs is 1. The number of H-pyrrole nitrogens is 2. The monoisotopic (exact) mass is 571 g/mol. The Morgan fingerprint density at radius 2 is 1.60 bits per heavy atom. The molecule has 0 spiro atoms. The zero-order valence-electron chi connectivity index (χ0n) is 26.3. The molecule has 0 aliphatic carbocycles. The van der Waals surface area contributed by atoms with E-state index in [0.717, 1.165) is 50.1 Å². The van der Waals surface area contributed by atoms with Crippen LogP contribution in [-0.2, 0) is 6.42 Å². The Labute approximate surface area is 249 Å².